The summed E-state index contributed by atoms with van der Waals surface area (Å²) in [6.07, 6.45) is 8.77. The molecule has 1 saturated heterocycles. The van der Waals surface area contributed by atoms with Crippen molar-refractivity contribution in [3.63, 3.8) is 0 Å². The predicted molar refractivity (Wildman–Crippen MR) is 77.2 cm³/mol. The maximum atomic E-state index is 5.83. The molecule has 0 radical (unpaired) electrons. The Hall–Kier alpha value is -0.870. The van der Waals surface area contributed by atoms with Crippen molar-refractivity contribution in [2.45, 2.75) is 45.6 Å². The molecular formula is C15H27N3O. The number of aromatic nitrogens is 2. The first kappa shape index (κ1) is 14.5. The predicted octanol–water partition coefficient (Wildman–Crippen LogP) is 2.15. The van der Waals surface area contributed by atoms with Crippen LogP contribution in [0.4, 0.5) is 0 Å². The van der Waals surface area contributed by atoms with E-state index in [4.69, 9.17) is 4.74 Å². The Labute approximate surface area is 116 Å². The van der Waals surface area contributed by atoms with Crippen molar-refractivity contribution >= 4 is 0 Å². The SMILES string of the molecule is CCCNCC1(CCc2nccn2C)CCOC1C. The molecule has 1 N–H and O–H groups in total. The van der Waals surface area contributed by atoms with E-state index in [1.165, 1.54) is 12.2 Å². The molecule has 0 bridgehead atoms. The summed E-state index contributed by atoms with van der Waals surface area (Å²) >= 11 is 0. The van der Waals surface area contributed by atoms with Gasteiger partial charge in [-0.05, 0) is 32.7 Å². The molecule has 4 nitrogen and oxygen atoms in total. The van der Waals surface area contributed by atoms with Gasteiger partial charge in [0.15, 0.2) is 0 Å². The van der Waals surface area contributed by atoms with E-state index < -0.39 is 0 Å². The summed E-state index contributed by atoms with van der Waals surface area (Å²) in [6.45, 7) is 7.49. The first-order chi connectivity index (χ1) is 9.18. The normalized spacial score (nSPS) is 27.0. The summed E-state index contributed by atoms with van der Waals surface area (Å²) in [5.74, 6) is 1.17. The summed E-state index contributed by atoms with van der Waals surface area (Å²) in [4.78, 5) is 4.43. The van der Waals surface area contributed by atoms with E-state index in [-0.39, 0.29) is 5.41 Å². The fourth-order valence-electron chi connectivity index (χ4n) is 2.98. The molecule has 0 spiro atoms. The number of hydrogen-bond donors (Lipinski definition) is 1. The Morgan fingerprint density at radius 3 is 3.00 bits per heavy atom. The van der Waals surface area contributed by atoms with E-state index in [2.05, 4.69) is 35.8 Å². The average molecular weight is 265 g/mol. The lowest BCUT2D eigenvalue weighted by molar-refractivity contribution is 0.0583. The van der Waals surface area contributed by atoms with Crippen LogP contribution in [0.2, 0.25) is 0 Å². The fourth-order valence-corrected chi connectivity index (χ4v) is 2.98. The Morgan fingerprint density at radius 1 is 1.58 bits per heavy atom. The van der Waals surface area contributed by atoms with Crippen LogP contribution in [0.25, 0.3) is 0 Å². The van der Waals surface area contributed by atoms with Crippen molar-refractivity contribution in [2.75, 3.05) is 19.7 Å². The van der Waals surface area contributed by atoms with Crippen molar-refractivity contribution < 1.29 is 4.74 Å². The highest BCUT2D eigenvalue weighted by Crippen LogP contribution is 2.38. The third-order valence-electron chi connectivity index (χ3n) is 4.50. The fraction of sp³-hybridized carbons (Fsp3) is 0.800. The van der Waals surface area contributed by atoms with Gasteiger partial charge in [-0.25, -0.2) is 4.98 Å². The second-order valence-electron chi connectivity index (χ2n) is 5.76. The molecule has 1 aliphatic heterocycles. The maximum absolute atomic E-state index is 5.83. The lowest BCUT2D eigenvalue weighted by Gasteiger charge is -2.32. The highest BCUT2D eigenvalue weighted by Gasteiger charge is 2.40. The highest BCUT2D eigenvalue weighted by molar-refractivity contribution is 4.97. The lowest BCUT2D eigenvalue weighted by atomic mass is 9.77. The van der Waals surface area contributed by atoms with Gasteiger partial charge in [0, 0.05) is 44.4 Å². The molecule has 1 aromatic rings. The first-order valence-corrected chi connectivity index (χ1v) is 7.46. The van der Waals surface area contributed by atoms with Crippen LogP contribution < -0.4 is 5.32 Å². The molecule has 0 amide bonds. The summed E-state index contributed by atoms with van der Waals surface area (Å²) < 4.78 is 7.95. The highest BCUT2D eigenvalue weighted by atomic mass is 16.5. The Kier molecular flexibility index (Phi) is 4.99. The van der Waals surface area contributed by atoms with Crippen LogP contribution in [0.1, 0.15) is 38.9 Å². The van der Waals surface area contributed by atoms with Gasteiger partial charge >= 0.3 is 0 Å². The zero-order valence-corrected chi connectivity index (χ0v) is 12.5. The minimum absolute atomic E-state index is 0.279. The quantitative estimate of drug-likeness (QED) is 0.768. The maximum Gasteiger partial charge on any atom is 0.108 e. The van der Waals surface area contributed by atoms with Gasteiger partial charge < -0.3 is 14.6 Å². The van der Waals surface area contributed by atoms with Crippen LogP contribution in [-0.4, -0.2) is 35.4 Å². The number of ether oxygens (including phenoxy) is 1. The largest absolute Gasteiger partial charge is 0.378 e. The van der Waals surface area contributed by atoms with Crippen molar-refractivity contribution in [2.24, 2.45) is 12.5 Å². The third kappa shape index (κ3) is 3.37. The Bertz CT molecular complexity index is 390. The monoisotopic (exact) mass is 265 g/mol. The van der Waals surface area contributed by atoms with E-state index in [1.54, 1.807) is 0 Å². The number of nitrogens with one attached hydrogen (secondary N) is 1. The molecule has 1 fully saturated rings. The van der Waals surface area contributed by atoms with Gasteiger partial charge in [-0.3, -0.25) is 0 Å². The van der Waals surface area contributed by atoms with Gasteiger partial charge in [0.1, 0.15) is 5.82 Å². The van der Waals surface area contributed by atoms with Gasteiger partial charge in [-0.2, -0.15) is 0 Å². The smallest absolute Gasteiger partial charge is 0.108 e. The van der Waals surface area contributed by atoms with E-state index in [9.17, 15) is 0 Å². The lowest BCUT2D eigenvalue weighted by Crippen LogP contribution is -2.40. The number of aryl methyl sites for hydroxylation is 2. The molecule has 108 valence electrons. The standard InChI is InChI=1S/C15H27N3O/c1-4-8-16-12-15(7-11-19-13(15)2)6-5-14-17-9-10-18(14)3/h9-10,13,16H,4-8,11-12H2,1-3H3. The number of rotatable bonds is 7. The molecule has 0 aromatic carbocycles. The van der Waals surface area contributed by atoms with Crippen LogP contribution in [0.15, 0.2) is 12.4 Å². The minimum atomic E-state index is 0.279. The molecule has 4 heteroatoms. The number of imidazole rings is 1. The van der Waals surface area contributed by atoms with Crippen molar-refractivity contribution in [3.05, 3.63) is 18.2 Å². The van der Waals surface area contributed by atoms with E-state index in [1.807, 2.05) is 12.4 Å². The second-order valence-corrected chi connectivity index (χ2v) is 5.76. The van der Waals surface area contributed by atoms with Crippen molar-refractivity contribution in [1.29, 1.82) is 0 Å². The average Bonchev–Trinajstić information content (AvgIpc) is 2.95. The van der Waals surface area contributed by atoms with E-state index in [0.717, 1.165) is 39.0 Å². The van der Waals surface area contributed by atoms with Gasteiger partial charge in [-0.15, -0.1) is 0 Å². The molecule has 2 atom stereocenters. The molecule has 1 aromatic heterocycles. The van der Waals surface area contributed by atoms with Gasteiger partial charge in [-0.1, -0.05) is 6.92 Å². The third-order valence-corrected chi connectivity index (χ3v) is 4.50. The van der Waals surface area contributed by atoms with Gasteiger partial charge in [0.25, 0.3) is 0 Å². The minimum Gasteiger partial charge on any atom is -0.378 e. The van der Waals surface area contributed by atoms with Gasteiger partial charge in [0.05, 0.1) is 6.10 Å². The van der Waals surface area contributed by atoms with Crippen LogP contribution in [0.3, 0.4) is 0 Å². The molecule has 2 rings (SSSR count). The van der Waals surface area contributed by atoms with Crippen molar-refractivity contribution in [3.8, 4) is 0 Å². The zero-order valence-electron chi connectivity index (χ0n) is 12.5. The Morgan fingerprint density at radius 2 is 2.42 bits per heavy atom. The van der Waals surface area contributed by atoms with E-state index >= 15 is 0 Å². The molecule has 1 aliphatic rings. The van der Waals surface area contributed by atoms with Gasteiger partial charge in [0.2, 0.25) is 0 Å². The number of nitrogens with zero attached hydrogens (tertiary/aromatic N) is 2. The second kappa shape index (κ2) is 6.53. The van der Waals surface area contributed by atoms with Crippen LogP contribution in [-0.2, 0) is 18.2 Å². The Balaban J connectivity index is 1.96. The van der Waals surface area contributed by atoms with Crippen LogP contribution in [0, 0.1) is 5.41 Å². The summed E-state index contributed by atoms with van der Waals surface area (Å²) in [6, 6.07) is 0. The topological polar surface area (TPSA) is 39.1 Å². The molecule has 2 unspecified atom stereocenters. The van der Waals surface area contributed by atoms with Crippen LogP contribution in [0.5, 0.6) is 0 Å². The summed E-state index contributed by atoms with van der Waals surface area (Å²) in [5, 5.41) is 3.59. The molecule has 19 heavy (non-hydrogen) atoms. The number of hydrogen-bond acceptors (Lipinski definition) is 3. The molecule has 0 aliphatic carbocycles. The molecular weight excluding hydrogens is 238 g/mol. The summed E-state index contributed by atoms with van der Waals surface area (Å²) in [7, 11) is 2.07. The van der Waals surface area contributed by atoms with Crippen LogP contribution >= 0.6 is 0 Å². The van der Waals surface area contributed by atoms with E-state index in [0.29, 0.717) is 6.10 Å². The first-order valence-electron chi connectivity index (χ1n) is 7.46. The zero-order chi connectivity index (χ0) is 13.7. The summed E-state index contributed by atoms with van der Waals surface area (Å²) in [5.41, 5.74) is 0.279. The molecule has 2 heterocycles. The van der Waals surface area contributed by atoms with Crippen molar-refractivity contribution in [1.82, 2.24) is 14.9 Å². The molecule has 0 saturated carbocycles.